The van der Waals surface area contributed by atoms with Gasteiger partial charge in [-0.3, -0.25) is 9.78 Å². The molecule has 1 N–H and O–H groups in total. The molecule has 5 aromatic rings. The molecule has 0 radical (unpaired) electrons. The maximum atomic E-state index is 13.1. The fourth-order valence-electron chi connectivity index (χ4n) is 4.76. The number of fused-ring (bicyclic) bond motifs is 1. The average molecular weight is 518 g/mol. The molecule has 1 atom stereocenters. The van der Waals surface area contributed by atoms with Crippen LogP contribution in [-0.4, -0.2) is 21.6 Å². The average Bonchev–Trinajstić information content (AvgIpc) is 3.18. The lowest BCUT2D eigenvalue weighted by molar-refractivity contribution is -0.191. The molecular formula is C33H31N3O3. The molecule has 1 amide bonds. The van der Waals surface area contributed by atoms with Crippen LogP contribution in [0.1, 0.15) is 51.4 Å². The number of hydrogen-bond acceptors (Lipinski definition) is 4. The second-order valence-electron chi connectivity index (χ2n) is 9.63. The minimum absolute atomic E-state index is 0.0889. The van der Waals surface area contributed by atoms with Gasteiger partial charge in [0, 0.05) is 34.9 Å². The largest absolute Gasteiger partial charge is 0.373 e. The van der Waals surface area contributed by atoms with Crippen LogP contribution in [0.4, 0.5) is 0 Å². The molecule has 39 heavy (non-hydrogen) atoms. The maximum Gasteiger partial charge on any atom is 0.373 e. The van der Waals surface area contributed by atoms with Gasteiger partial charge >= 0.3 is 6.15 Å². The lowest BCUT2D eigenvalue weighted by atomic mass is 10.0. The Kier molecular flexibility index (Phi) is 8.50. The summed E-state index contributed by atoms with van der Waals surface area (Å²) < 4.78 is 2.34. The third-order valence-corrected chi connectivity index (χ3v) is 7.03. The Morgan fingerprint density at radius 2 is 1.56 bits per heavy atom. The first-order chi connectivity index (χ1) is 18.8. The molecule has 5 rings (SSSR count). The number of carbonyl (C=O) groups is 1. The van der Waals surface area contributed by atoms with E-state index in [1.54, 1.807) is 6.20 Å². The van der Waals surface area contributed by atoms with Gasteiger partial charge in [-0.1, -0.05) is 54.6 Å². The Hall–Kier alpha value is -4.80. The molecular weight excluding hydrogens is 486 g/mol. The highest BCUT2D eigenvalue weighted by Gasteiger charge is 2.16. The molecule has 196 valence electrons. The summed E-state index contributed by atoms with van der Waals surface area (Å²) in [7, 11) is 0. The van der Waals surface area contributed by atoms with Crippen LogP contribution in [-0.2, 0) is 16.1 Å². The zero-order chi connectivity index (χ0) is 27.9. The van der Waals surface area contributed by atoms with Gasteiger partial charge in [-0.2, -0.15) is 9.59 Å². The summed E-state index contributed by atoms with van der Waals surface area (Å²) in [5.74, 6) is -0.0889. The van der Waals surface area contributed by atoms with Gasteiger partial charge in [0.1, 0.15) is 0 Å². The highest BCUT2D eigenvalue weighted by atomic mass is 16.2. The zero-order valence-corrected chi connectivity index (χ0v) is 22.6. The number of rotatable bonds is 6. The van der Waals surface area contributed by atoms with E-state index in [-0.39, 0.29) is 18.1 Å². The number of nitrogens with zero attached hydrogens (tertiary/aromatic N) is 2. The van der Waals surface area contributed by atoms with E-state index in [1.165, 1.54) is 27.9 Å². The quantitative estimate of drug-likeness (QED) is 0.276. The third kappa shape index (κ3) is 6.20. The lowest BCUT2D eigenvalue weighted by Gasteiger charge is -2.14. The van der Waals surface area contributed by atoms with Crippen LogP contribution >= 0.6 is 0 Å². The van der Waals surface area contributed by atoms with Gasteiger partial charge in [0.15, 0.2) is 0 Å². The molecule has 0 unspecified atom stereocenters. The van der Waals surface area contributed by atoms with Gasteiger partial charge in [0.2, 0.25) is 0 Å². The van der Waals surface area contributed by atoms with Crippen molar-refractivity contribution in [2.24, 2.45) is 0 Å². The summed E-state index contributed by atoms with van der Waals surface area (Å²) >= 11 is 0. The number of amides is 1. The number of benzene rings is 3. The summed E-state index contributed by atoms with van der Waals surface area (Å²) in [5.41, 5.74) is 9.90. The molecule has 6 nitrogen and oxygen atoms in total. The van der Waals surface area contributed by atoms with Gasteiger partial charge < -0.3 is 9.88 Å². The van der Waals surface area contributed by atoms with E-state index in [0.717, 1.165) is 28.7 Å². The number of carbonyl (C=O) groups excluding carboxylic acids is 3. The topological polar surface area (TPSA) is 81.1 Å². The minimum atomic E-state index is -0.167. The predicted octanol–water partition coefficient (Wildman–Crippen LogP) is 6.58. The molecule has 3 aromatic carbocycles. The van der Waals surface area contributed by atoms with Crippen molar-refractivity contribution in [2.45, 2.75) is 40.3 Å². The predicted molar refractivity (Wildman–Crippen MR) is 152 cm³/mol. The number of aryl methyl sites for hydroxylation is 2. The second kappa shape index (κ2) is 12.2. The Bertz CT molecular complexity index is 1630. The Morgan fingerprint density at radius 3 is 2.23 bits per heavy atom. The smallest absolute Gasteiger partial charge is 0.344 e. The van der Waals surface area contributed by atoms with Crippen LogP contribution in [0, 0.1) is 20.8 Å². The first-order valence-electron chi connectivity index (χ1n) is 12.8. The van der Waals surface area contributed by atoms with Gasteiger partial charge in [0.05, 0.1) is 11.7 Å². The third-order valence-electron chi connectivity index (χ3n) is 7.03. The van der Waals surface area contributed by atoms with Crippen LogP contribution in [0.5, 0.6) is 0 Å². The number of pyridine rings is 1. The normalized spacial score (nSPS) is 11.3. The van der Waals surface area contributed by atoms with Crippen molar-refractivity contribution in [3.05, 3.63) is 125 Å². The van der Waals surface area contributed by atoms with E-state index in [0.29, 0.717) is 5.56 Å². The SMILES string of the molecule is Cc1ccnc([C@H](C)NC(=O)c2ccc3c(c2)c(C)c(C)n3Cc2ccc(-c3ccccc3)cc2)c1.O=C=O. The molecule has 0 saturated carbocycles. The van der Waals surface area contributed by atoms with Crippen LogP contribution in [0.25, 0.3) is 22.0 Å². The summed E-state index contributed by atoms with van der Waals surface area (Å²) in [4.78, 5) is 33.7. The Balaban J connectivity index is 0.00000112. The molecule has 0 aliphatic carbocycles. The maximum absolute atomic E-state index is 13.1. The molecule has 6 heteroatoms. The van der Waals surface area contributed by atoms with E-state index in [9.17, 15) is 4.79 Å². The van der Waals surface area contributed by atoms with Gasteiger partial charge in [-0.15, -0.1) is 0 Å². The van der Waals surface area contributed by atoms with Crippen molar-refractivity contribution in [1.82, 2.24) is 14.9 Å². The van der Waals surface area contributed by atoms with E-state index in [2.05, 4.69) is 83.3 Å². The number of nitrogens with one attached hydrogen (secondary N) is 1. The second-order valence-corrected chi connectivity index (χ2v) is 9.63. The van der Waals surface area contributed by atoms with Crippen molar-refractivity contribution < 1.29 is 14.4 Å². The molecule has 0 aliphatic rings. The van der Waals surface area contributed by atoms with Crippen LogP contribution < -0.4 is 5.32 Å². The molecule has 0 fully saturated rings. The molecule has 2 heterocycles. The van der Waals surface area contributed by atoms with Crippen molar-refractivity contribution in [3.8, 4) is 11.1 Å². The fraction of sp³-hybridized carbons (Fsp3) is 0.182. The number of aromatic nitrogens is 2. The van der Waals surface area contributed by atoms with E-state index in [4.69, 9.17) is 9.59 Å². The summed E-state index contributed by atoms with van der Waals surface area (Å²) in [5, 5.41) is 4.21. The van der Waals surface area contributed by atoms with Crippen molar-refractivity contribution in [3.63, 3.8) is 0 Å². The molecule has 2 aromatic heterocycles. The zero-order valence-electron chi connectivity index (χ0n) is 22.6. The van der Waals surface area contributed by atoms with Gasteiger partial charge in [0.25, 0.3) is 5.91 Å². The molecule has 0 aliphatic heterocycles. The molecule has 0 bridgehead atoms. The van der Waals surface area contributed by atoms with Crippen LogP contribution in [0.2, 0.25) is 0 Å². The van der Waals surface area contributed by atoms with E-state index in [1.807, 2.05) is 44.2 Å². The standard InChI is InChI=1S/C32H31N3O.CO2/c1-21-16-17-33-30(18-21)23(3)34-32(36)28-14-15-31-29(19-28)22(2)24(4)35(31)20-25-10-12-27(13-11-25)26-8-6-5-7-9-26;2-1-3/h5-19,23H,20H2,1-4H3,(H,34,36);/t23-;/m0./s1. The van der Waals surface area contributed by atoms with E-state index >= 15 is 0 Å². The summed E-state index contributed by atoms with van der Waals surface area (Å²) in [6, 6.07) is 29.0. The van der Waals surface area contributed by atoms with Crippen LogP contribution in [0.3, 0.4) is 0 Å². The monoisotopic (exact) mass is 517 g/mol. The van der Waals surface area contributed by atoms with Crippen molar-refractivity contribution >= 4 is 23.0 Å². The molecule has 0 saturated heterocycles. The fourth-order valence-corrected chi connectivity index (χ4v) is 4.76. The minimum Gasteiger partial charge on any atom is -0.344 e. The van der Waals surface area contributed by atoms with Crippen molar-refractivity contribution in [2.75, 3.05) is 0 Å². The summed E-state index contributed by atoms with van der Waals surface area (Å²) in [6.45, 7) is 9.06. The summed E-state index contributed by atoms with van der Waals surface area (Å²) in [6.07, 6.45) is 2.03. The van der Waals surface area contributed by atoms with Gasteiger partial charge in [-0.25, -0.2) is 0 Å². The van der Waals surface area contributed by atoms with E-state index < -0.39 is 0 Å². The Labute approximate surface area is 228 Å². The van der Waals surface area contributed by atoms with Crippen molar-refractivity contribution in [1.29, 1.82) is 0 Å². The first kappa shape index (κ1) is 27.2. The highest BCUT2D eigenvalue weighted by molar-refractivity contribution is 5.99. The highest BCUT2D eigenvalue weighted by Crippen LogP contribution is 2.28. The first-order valence-corrected chi connectivity index (χ1v) is 12.8. The van der Waals surface area contributed by atoms with Crippen LogP contribution in [0.15, 0.2) is 91.1 Å². The molecule has 0 spiro atoms. The Morgan fingerprint density at radius 1 is 0.897 bits per heavy atom. The van der Waals surface area contributed by atoms with Gasteiger partial charge in [-0.05, 0) is 85.8 Å². The lowest BCUT2D eigenvalue weighted by Crippen LogP contribution is -2.27. The number of hydrogen-bond donors (Lipinski definition) is 1.